The van der Waals surface area contributed by atoms with Gasteiger partial charge in [-0.2, -0.15) is 0 Å². The SMILES string of the molecule is CCc1cc(-c2ccc(CNC(=O)c3cccc(N(C)C)c3)o2)c(C)[nH]c1=O. The minimum atomic E-state index is -0.157. The lowest BCUT2D eigenvalue weighted by Crippen LogP contribution is -2.22. The molecule has 2 heterocycles. The molecule has 3 aromatic rings. The zero-order chi connectivity index (χ0) is 20.3. The van der Waals surface area contributed by atoms with Crippen LogP contribution in [0, 0.1) is 6.92 Å². The molecular weight excluding hydrogens is 354 g/mol. The second kappa shape index (κ2) is 8.17. The van der Waals surface area contributed by atoms with Gasteiger partial charge in [0.15, 0.2) is 0 Å². The van der Waals surface area contributed by atoms with E-state index in [4.69, 9.17) is 4.42 Å². The third kappa shape index (κ3) is 4.17. The van der Waals surface area contributed by atoms with Crippen molar-refractivity contribution < 1.29 is 9.21 Å². The van der Waals surface area contributed by atoms with Gasteiger partial charge in [0.2, 0.25) is 0 Å². The Balaban J connectivity index is 1.73. The van der Waals surface area contributed by atoms with Crippen molar-refractivity contribution >= 4 is 11.6 Å². The summed E-state index contributed by atoms with van der Waals surface area (Å²) in [6.07, 6.45) is 0.651. The molecule has 0 unspecified atom stereocenters. The van der Waals surface area contributed by atoms with Crippen LogP contribution in [0.1, 0.15) is 34.3 Å². The monoisotopic (exact) mass is 379 g/mol. The van der Waals surface area contributed by atoms with E-state index in [1.807, 2.05) is 69.2 Å². The molecule has 0 saturated carbocycles. The number of nitrogens with one attached hydrogen (secondary N) is 2. The van der Waals surface area contributed by atoms with Gasteiger partial charge in [-0.25, -0.2) is 0 Å². The Labute approximate surface area is 164 Å². The molecule has 0 bridgehead atoms. The van der Waals surface area contributed by atoms with Gasteiger partial charge >= 0.3 is 0 Å². The molecule has 146 valence electrons. The second-order valence-corrected chi connectivity index (χ2v) is 6.91. The van der Waals surface area contributed by atoms with E-state index in [1.54, 1.807) is 6.07 Å². The molecule has 0 spiro atoms. The Morgan fingerprint density at radius 2 is 1.96 bits per heavy atom. The van der Waals surface area contributed by atoms with E-state index in [1.165, 1.54) is 0 Å². The van der Waals surface area contributed by atoms with Crippen molar-refractivity contribution in [3.05, 3.63) is 75.4 Å². The number of carbonyl (C=O) groups excluding carboxylic acids is 1. The molecule has 0 radical (unpaired) electrons. The highest BCUT2D eigenvalue weighted by Crippen LogP contribution is 2.24. The van der Waals surface area contributed by atoms with Gasteiger partial charge in [-0.1, -0.05) is 13.0 Å². The number of aromatic amines is 1. The molecule has 0 saturated heterocycles. The first-order chi connectivity index (χ1) is 13.4. The summed E-state index contributed by atoms with van der Waals surface area (Å²) < 4.78 is 5.89. The molecule has 0 fully saturated rings. The molecular formula is C22H25N3O3. The van der Waals surface area contributed by atoms with Gasteiger partial charge in [0, 0.05) is 42.2 Å². The first-order valence-corrected chi connectivity index (χ1v) is 9.26. The Kier molecular flexibility index (Phi) is 5.68. The number of furan rings is 1. The Hall–Kier alpha value is -3.28. The van der Waals surface area contributed by atoms with Crippen molar-refractivity contribution in [1.82, 2.24) is 10.3 Å². The van der Waals surface area contributed by atoms with Crippen LogP contribution in [0.4, 0.5) is 5.69 Å². The van der Waals surface area contributed by atoms with E-state index < -0.39 is 0 Å². The maximum atomic E-state index is 12.4. The number of aromatic nitrogens is 1. The summed E-state index contributed by atoms with van der Waals surface area (Å²) in [5.74, 6) is 1.16. The second-order valence-electron chi connectivity index (χ2n) is 6.91. The standard InChI is InChI=1S/C22H25N3O3/c1-5-15-12-19(14(2)24-22(15)27)20-10-9-18(28-20)13-23-21(26)16-7-6-8-17(11-16)25(3)4/h6-12H,5,13H2,1-4H3,(H,23,26)(H,24,27). The maximum absolute atomic E-state index is 12.4. The van der Waals surface area contributed by atoms with Crippen molar-refractivity contribution in [3.8, 4) is 11.3 Å². The number of anilines is 1. The molecule has 6 heteroatoms. The van der Waals surface area contributed by atoms with Crippen LogP contribution in [-0.4, -0.2) is 25.0 Å². The fourth-order valence-electron chi connectivity index (χ4n) is 3.00. The van der Waals surface area contributed by atoms with E-state index in [9.17, 15) is 9.59 Å². The van der Waals surface area contributed by atoms with Crippen LogP contribution in [-0.2, 0) is 13.0 Å². The van der Waals surface area contributed by atoms with Crippen LogP contribution >= 0.6 is 0 Å². The van der Waals surface area contributed by atoms with Crippen molar-refractivity contribution in [1.29, 1.82) is 0 Å². The van der Waals surface area contributed by atoms with Gasteiger partial charge in [0.1, 0.15) is 11.5 Å². The molecule has 0 aliphatic heterocycles. The third-order valence-corrected chi connectivity index (χ3v) is 4.67. The fraction of sp³-hybridized carbons (Fsp3) is 0.273. The summed E-state index contributed by atoms with van der Waals surface area (Å²) in [6.45, 7) is 4.07. The Morgan fingerprint density at radius 1 is 1.18 bits per heavy atom. The number of aryl methyl sites for hydroxylation is 2. The number of hydrogen-bond donors (Lipinski definition) is 2. The lowest BCUT2D eigenvalue weighted by Gasteiger charge is -2.13. The summed E-state index contributed by atoms with van der Waals surface area (Å²) in [5, 5.41) is 2.88. The highest BCUT2D eigenvalue weighted by Gasteiger charge is 2.12. The summed E-state index contributed by atoms with van der Waals surface area (Å²) in [5.41, 5.74) is 3.82. The average Bonchev–Trinajstić information content (AvgIpc) is 3.15. The van der Waals surface area contributed by atoms with Crippen LogP contribution in [0.15, 0.2) is 51.7 Å². The largest absolute Gasteiger partial charge is 0.459 e. The predicted octanol–water partition coefficient (Wildman–Crippen LogP) is 3.50. The maximum Gasteiger partial charge on any atom is 0.251 e. The summed E-state index contributed by atoms with van der Waals surface area (Å²) >= 11 is 0. The van der Waals surface area contributed by atoms with Crippen molar-refractivity contribution in [2.24, 2.45) is 0 Å². The van der Waals surface area contributed by atoms with Crippen LogP contribution in [0.2, 0.25) is 0 Å². The van der Waals surface area contributed by atoms with Crippen LogP contribution < -0.4 is 15.8 Å². The Bertz CT molecular complexity index is 1050. The van der Waals surface area contributed by atoms with Crippen molar-refractivity contribution in [2.75, 3.05) is 19.0 Å². The Morgan fingerprint density at radius 3 is 2.68 bits per heavy atom. The number of amides is 1. The van der Waals surface area contributed by atoms with E-state index in [2.05, 4.69) is 10.3 Å². The number of nitrogens with zero attached hydrogens (tertiary/aromatic N) is 1. The first-order valence-electron chi connectivity index (χ1n) is 9.26. The van der Waals surface area contributed by atoms with Gasteiger partial charge in [0.05, 0.1) is 6.54 Å². The molecule has 6 nitrogen and oxygen atoms in total. The minimum Gasteiger partial charge on any atom is -0.459 e. The normalized spacial score (nSPS) is 10.7. The number of carbonyl (C=O) groups is 1. The lowest BCUT2D eigenvalue weighted by molar-refractivity contribution is 0.0948. The number of benzene rings is 1. The highest BCUT2D eigenvalue weighted by molar-refractivity contribution is 5.95. The lowest BCUT2D eigenvalue weighted by atomic mass is 10.1. The molecule has 2 N–H and O–H groups in total. The summed E-state index contributed by atoms with van der Waals surface area (Å²) in [6, 6.07) is 13.0. The van der Waals surface area contributed by atoms with Crippen molar-refractivity contribution in [3.63, 3.8) is 0 Å². The number of rotatable bonds is 6. The minimum absolute atomic E-state index is 0.0669. The smallest absolute Gasteiger partial charge is 0.251 e. The van der Waals surface area contributed by atoms with Crippen LogP contribution in [0.3, 0.4) is 0 Å². The van der Waals surface area contributed by atoms with Crippen LogP contribution in [0.25, 0.3) is 11.3 Å². The summed E-state index contributed by atoms with van der Waals surface area (Å²) in [4.78, 5) is 29.1. The molecule has 3 rings (SSSR count). The highest BCUT2D eigenvalue weighted by atomic mass is 16.3. The van der Waals surface area contributed by atoms with E-state index in [0.29, 0.717) is 29.1 Å². The fourth-order valence-corrected chi connectivity index (χ4v) is 3.00. The predicted molar refractivity (Wildman–Crippen MR) is 111 cm³/mol. The molecule has 1 amide bonds. The quantitative estimate of drug-likeness (QED) is 0.687. The first kappa shape index (κ1) is 19.5. The van der Waals surface area contributed by atoms with Crippen LogP contribution in [0.5, 0.6) is 0 Å². The van der Waals surface area contributed by atoms with Gasteiger partial charge < -0.3 is 19.6 Å². The summed E-state index contributed by atoms with van der Waals surface area (Å²) in [7, 11) is 3.87. The van der Waals surface area contributed by atoms with Gasteiger partial charge in [0.25, 0.3) is 11.5 Å². The zero-order valence-corrected chi connectivity index (χ0v) is 16.6. The number of pyridine rings is 1. The molecule has 1 aromatic carbocycles. The van der Waals surface area contributed by atoms with Gasteiger partial charge in [-0.15, -0.1) is 0 Å². The van der Waals surface area contributed by atoms with E-state index >= 15 is 0 Å². The van der Waals surface area contributed by atoms with Gasteiger partial charge in [-0.3, -0.25) is 9.59 Å². The van der Waals surface area contributed by atoms with Gasteiger partial charge in [-0.05, 0) is 49.7 Å². The zero-order valence-electron chi connectivity index (χ0n) is 16.6. The number of H-pyrrole nitrogens is 1. The topological polar surface area (TPSA) is 78.3 Å². The van der Waals surface area contributed by atoms with E-state index in [-0.39, 0.29) is 18.0 Å². The third-order valence-electron chi connectivity index (χ3n) is 4.67. The average molecular weight is 379 g/mol. The molecule has 2 aromatic heterocycles. The number of hydrogen-bond acceptors (Lipinski definition) is 4. The molecule has 0 aliphatic carbocycles. The molecule has 0 aliphatic rings. The van der Waals surface area contributed by atoms with E-state index in [0.717, 1.165) is 16.9 Å². The van der Waals surface area contributed by atoms with Crippen molar-refractivity contribution in [2.45, 2.75) is 26.8 Å². The molecule has 28 heavy (non-hydrogen) atoms. The molecule has 0 atom stereocenters.